The van der Waals surface area contributed by atoms with E-state index in [1.807, 2.05) is 0 Å². The predicted octanol–water partition coefficient (Wildman–Crippen LogP) is 1.24. The quantitative estimate of drug-likeness (QED) is 0.852. The first-order valence-corrected chi connectivity index (χ1v) is 5.46. The Bertz CT molecular complexity index is 637. The Morgan fingerprint density at radius 2 is 2.11 bits per heavy atom. The van der Waals surface area contributed by atoms with Crippen molar-refractivity contribution >= 4 is 17.0 Å². The molecule has 1 aromatic heterocycles. The van der Waals surface area contributed by atoms with Crippen LogP contribution in [0.4, 0.5) is 8.78 Å². The number of methoxy groups -OCH3 is 1. The number of fused-ring (bicyclic) bond motifs is 1. The number of aliphatic hydroxyl groups is 1. The number of ether oxygens (including phenoxy) is 1. The number of esters is 1. The van der Waals surface area contributed by atoms with Gasteiger partial charge in [-0.2, -0.15) is 0 Å². The van der Waals surface area contributed by atoms with Gasteiger partial charge in [0.15, 0.2) is 17.2 Å². The maximum atomic E-state index is 13.2. The third-order valence-electron chi connectivity index (χ3n) is 2.77. The summed E-state index contributed by atoms with van der Waals surface area (Å²) in [6.45, 7) is 1.09. The zero-order valence-corrected chi connectivity index (χ0v) is 10.4. The molecule has 2 aromatic rings. The fraction of sp³-hybridized carbons (Fsp3) is 0.333. The van der Waals surface area contributed by atoms with Crippen molar-refractivity contribution in [3.05, 3.63) is 30.1 Å². The highest BCUT2D eigenvalue weighted by atomic mass is 19.2. The smallest absolute Gasteiger partial charge is 0.339 e. The number of benzene rings is 1. The third kappa shape index (κ3) is 2.41. The zero-order valence-electron chi connectivity index (χ0n) is 10.4. The lowest BCUT2D eigenvalue weighted by Crippen LogP contribution is -2.40. The minimum atomic E-state index is -1.78. The van der Waals surface area contributed by atoms with Crippen molar-refractivity contribution in [3.63, 3.8) is 0 Å². The highest BCUT2D eigenvalue weighted by Gasteiger charge is 2.32. The van der Waals surface area contributed by atoms with E-state index >= 15 is 0 Å². The third-order valence-corrected chi connectivity index (χ3v) is 2.77. The van der Waals surface area contributed by atoms with E-state index in [2.05, 4.69) is 9.72 Å². The summed E-state index contributed by atoms with van der Waals surface area (Å²) in [5, 5.41) is 9.95. The number of hydrogen-bond donors (Lipinski definition) is 1. The molecular formula is C12H12F2N2O3. The molecule has 7 heteroatoms. The van der Waals surface area contributed by atoms with Crippen LogP contribution in [-0.2, 0) is 16.1 Å². The van der Waals surface area contributed by atoms with E-state index in [-0.39, 0.29) is 17.6 Å². The second kappa shape index (κ2) is 4.58. The van der Waals surface area contributed by atoms with Gasteiger partial charge >= 0.3 is 5.97 Å². The Hall–Kier alpha value is -2.02. The van der Waals surface area contributed by atoms with Crippen molar-refractivity contribution in [2.24, 2.45) is 0 Å². The standard InChI is InChI=1S/C12H12F2N2O3/c1-12(18,11(17)19-2)5-16-6-15-9-3-7(13)8(14)4-10(9)16/h3-4,6,18H,5H2,1-2H3. The normalized spacial score (nSPS) is 14.4. The summed E-state index contributed by atoms with van der Waals surface area (Å²) in [5.41, 5.74) is -1.27. The number of aromatic nitrogens is 2. The molecule has 0 radical (unpaired) electrons. The molecule has 1 unspecified atom stereocenters. The van der Waals surface area contributed by atoms with Crippen molar-refractivity contribution in [2.45, 2.75) is 19.1 Å². The average molecular weight is 270 g/mol. The van der Waals surface area contributed by atoms with Gasteiger partial charge in [0.05, 0.1) is 31.0 Å². The van der Waals surface area contributed by atoms with Crippen LogP contribution in [-0.4, -0.2) is 33.3 Å². The molecule has 5 nitrogen and oxygen atoms in total. The first kappa shape index (κ1) is 13.4. The molecule has 102 valence electrons. The zero-order chi connectivity index (χ0) is 14.2. The highest BCUT2D eigenvalue weighted by molar-refractivity contribution is 5.79. The van der Waals surface area contributed by atoms with Gasteiger partial charge in [0.2, 0.25) is 0 Å². The fourth-order valence-corrected chi connectivity index (χ4v) is 1.80. The van der Waals surface area contributed by atoms with Crippen LogP contribution < -0.4 is 0 Å². The molecule has 2 rings (SSSR count). The van der Waals surface area contributed by atoms with Gasteiger partial charge in [-0.05, 0) is 6.92 Å². The minimum absolute atomic E-state index is 0.179. The molecule has 1 heterocycles. The van der Waals surface area contributed by atoms with Crippen LogP contribution in [0, 0.1) is 11.6 Å². The van der Waals surface area contributed by atoms with Crippen molar-refractivity contribution in [1.82, 2.24) is 9.55 Å². The molecule has 0 saturated heterocycles. The fourth-order valence-electron chi connectivity index (χ4n) is 1.80. The van der Waals surface area contributed by atoms with Crippen LogP contribution in [0.25, 0.3) is 11.0 Å². The molecule has 1 aromatic carbocycles. The molecule has 0 aliphatic carbocycles. The summed E-state index contributed by atoms with van der Waals surface area (Å²) in [6.07, 6.45) is 1.29. The average Bonchev–Trinajstić information content (AvgIpc) is 2.71. The Labute approximate surface area is 107 Å². The molecule has 0 fully saturated rings. The second-order valence-electron chi connectivity index (χ2n) is 4.39. The number of hydrogen-bond acceptors (Lipinski definition) is 4. The van der Waals surface area contributed by atoms with Crippen molar-refractivity contribution in [3.8, 4) is 0 Å². The lowest BCUT2D eigenvalue weighted by molar-refractivity contribution is -0.161. The van der Waals surface area contributed by atoms with Crippen molar-refractivity contribution < 1.29 is 23.4 Å². The molecule has 1 atom stereocenters. The van der Waals surface area contributed by atoms with Gasteiger partial charge in [-0.15, -0.1) is 0 Å². The number of nitrogens with zero attached hydrogens (tertiary/aromatic N) is 2. The van der Waals surface area contributed by atoms with Crippen LogP contribution in [0.2, 0.25) is 0 Å². The highest BCUT2D eigenvalue weighted by Crippen LogP contribution is 2.20. The summed E-state index contributed by atoms with van der Waals surface area (Å²) in [4.78, 5) is 15.3. The van der Waals surface area contributed by atoms with E-state index in [4.69, 9.17) is 0 Å². The molecule has 0 saturated carbocycles. The van der Waals surface area contributed by atoms with Gasteiger partial charge in [-0.25, -0.2) is 18.6 Å². The number of imidazole rings is 1. The molecule has 1 N–H and O–H groups in total. The summed E-state index contributed by atoms with van der Waals surface area (Å²) < 4.78 is 32.0. The molecule has 19 heavy (non-hydrogen) atoms. The van der Waals surface area contributed by atoms with Crippen molar-refractivity contribution in [1.29, 1.82) is 0 Å². The Balaban J connectivity index is 2.42. The minimum Gasteiger partial charge on any atom is -0.467 e. The first-order valence-electron chi connectivity index (χ1n) is 5.46. The number of carbonyl (C=O) groups excluding carboxylic acids is 1. The lowest BCUT2D eigenvalue weighted by Gasteiger charge is -2.20. The molecule has 0 amide bonds. The second-order valence-corrected chi connectivity index (χ2v) is 4.39. The van der Waals surface area contributed by atoms with Gasteiger partial charge in [0.1, 0.15) is 0 Å². The monoisotopic (exact) mass is 270 g/mol. The predicted molar refractivity (Wildman–Crippen MR) is 62.3 cm³/mol. The number of rotatable bonds is 3. The molecule has 0 bridgehead atoms. The number of halogens is 2. The largest absolute Gasteiger partial charge is 0.467 e. The van der Waals surface area contributed by atoms with Gasteiger partial charge in [0.25, 0.3) is 0 Å². The molecule has 0 spiro atoms. The summed E-state index contributed by atoms with van der Waals surface area (Å²) in [7, 11) is 1.15. The Morgan fingerprint density at radius 1 is 1.47 bits per heavy atom. The summed E-state index contributed by atoms with van der Waals surface area (Å²) in [5.74, 6) is -2.85. The molecule has 0 aliphatic heterocycles. The van der Waals surface area contributed by atoms with E-state index in [1.165, 1.54) is 17.8 Å². The van der Waals surface area contributed by atoms with Crippen LogP contribution in [0.5, 0.6) is 0 Å². The van der Waals surface area contributed by atoms with Crippen LogP contribution >= 0.6 is 0 Å². The van der Waals surface area contributed by atoms with Crippen LogP contribution in [0.1, 0.15) is 6.92 Å². The first-order chi connectivity index (χ1) is 8.85. The van der Waals surface area contributed by atoms with E-state index < -0.39 is 23.2 Å². The maximum absolute atomic E-state index is 13.2. The van der Waals surface area contributed by atoms with Gasteiger partial charge in [-0.1, -0.05) is 0 Å². The topological polar surface area (TPSA) is 64.3 Å². The van der Waals surface area contributed by atoms with E-state index in [0.717, 1.165) is 19.2 Å². The molecule has 0 aliphatic rings. The lowest BCUT2D eigenvalue weighted by atomic mass is 10.1. The van der Waals surface area contributed by atoms with E-state index in [0.29, 0.717) is 0 Å². The Kier molecular flexibility index (Phi) is 3.23. The SMILES string of the molecule is COC(=O)C(C)(O)Cn1cnc2cc(F)c(F)cc21. The van der Waals surface area contributed by atoms with Gasteiger partial charge in [0, 0.05) is 12.1 Å². The summed E-state index contributed by atoms with van der Waals surface area (Å²) >= 11 is 0. The van der Waals surface area contributed by atoms with Gasteiger partial charge in [-0.3, -0.25) is 0 Å². The maximum Gasteiger partial charge on any atom is 0.339 e. The number of carbonyl (C=O) groups is 1. The van der Waals surface area contributed by atoms with Gasteiger partial charge < -0.3 is 14.4 Å². The van der Waals surface area contributed by atoms with Crippen molar-refractivity contribution in [2.75, 3.05) is 7.11 Å². The van der Waals surface area contributed by atoms with E-state index in [1.54, 1.807) is 0 Å². The van der Waals surface area contributed by atoms with Crippen LogP contribution in [0.15, 0.2) is 18.5 Å². The Morgan fingerprint density at radius 3 is 2.74 bits per heavy atom. The summed E-state index contributed by atoms with van der Waals surface area (Å²) in [6, 6.07) is 1.92. The molecular weight excluding hydrogens is 258 g/mol. The van der Waals surface area contributed by atoms with E-state index in [9.17, 15) is 18.7 Å². The van der Waals surface area contributed by atoms with Crippen LogP contribution in [0.3, 0.4) is 0 Å².